The average molecular weight is 427 g/mol. The SMILES string of the molecule is O=C(CC1CCCCC1)N1CC[C@H](c2nc3c(c(=O)[nH]2)CCN(C2CCCCC2)C3)C1. The molecule has 3 heterocycles. The van der Waals surface area contributed by atoms with Gasteiger partial charge in [0.15, 0.2) is 0 Å². The number of carbonyl (C=O) groups is 1. The summed E-state index contributed by atoms with van der Waals surface area (Å²) >= 11 is 0. The van der Waals surface area contributed by atoms with Crippen molar-refractivity contribution in [3.8, 4) is 0 Å². The fourth-order valence-corrected chi connectivity index (χ4v) is 6.41. The van der Waals surface area contributed by atoms with E-state index in [1.807, 2.05) is 4.90 Å². The van der Waals surface area contributed by atoms with Gasteiger partial charge in [0.2, 0.25) is 5.91 Å². The molecule has 0 radical (unpaired) electrons. The van der Waals surface area contributed by atoms with Gasteiger partial charge in [-0.2, -0.15) is 0 Å². The van der Waals surface area contributed by atoms with Crippen molar-refractivity contribution in [3.05, 3.63) is 27.4 Å². The number of likely N-dealkylation sites (tertiary alicyclic amines) is 1. The molecule has 6 heteroatoms. The second-order valence-corrected chi connectivity index (χ2v) is 10.4. The van der Waals surface area contributed by atoms with E-state index in [0.29, 0.717) is 30.8 Å². The highest BCUT2D eigenvalue weighted by molar-refractivity contribution is 5.76. The molecule has 1 atom stereocenters. The summed E-state index contributed by atoms with van der Waals surface area (Å²) in [5.41, 5.74) is 1.93. The molecule has 1 N–H and O–H groups in total. The molecule has 170 valence electrons. The molecular weight excluding hydrogens is 388 g/mol. The van der Waals surface area contributed by atoms with Crippen LogP contribution >= 0.6 is 0 Å². The molecule has 1 saturated heterocycles. The van der Waals surface area contributed by atoms with Gasteiger partial charge in [0, 0.05) is 50.1 Å². The van der Waals surface area contributed by atoms with Crippen LogP contribution in [0.2, 0.25) is 0 Å². The van der Waals surface area contributed by atoms with Crippen molar-refractivity contribution in [3.63, 3.8) is 0 Å². The summed E-state index contributed by atoms with van der Waals surface area (Å²) in [4.78, 5) is 38.3. The van der Waals surface area contributed by atoms with E-state index in [2.05, 4.69) is 9.88 Å². The van der Waals surface area contributed by atoms with E-state index < -0.39 is 0 Å². The van der Waals surface area contributed by atoms with Crippen molar-refractivity contribution in [1.29, 1.82) is 0 Å². The summed E-state index contributed by atoms with van der Waals surface area (Å²) in [6.45, 7) is 3.30. The molecule has 0 unspecified atom stereocenters. The Morgan fingerprint density at radius 1 is 0.968 bits per heavy atom. The van der Waals surface area contributed by atoms with E-state index >= 15 is 0 Å². The number of amides is 1. The van der Waals surface area contributed by atoms with E-state index in [1.165, 1.54) is 64.2 Å². The lowest BCUT2D eigenvalue weighted by Crippen LogP contribution is -2.42. The first-order valence-electron chi connectivity index (χ1n) is 12.8. The van der Waals surface area contributed by atoms with Gasteiger partial charge < -0.3 is 9.88 Å². The Morgan fingerprint density at radius 3 is 2.48 bits per heavy atom. The van der Waals surface area contributed by atoms with Crippen LogP contribution in [0.3, 0.4) is 0 Å². The zero-order valence-electron chi connectivity index (χ0n) is 18.9. The normalized spacial score (nSPS) is 26.2. The van der Waals surface area contributed by atoms with Crippen LogP contribution < -0.4 is 5.56 Å². The predicted octanol–water partition coefficient (Wildman–Crippen LogP) is 3.75. The minimum absolute atomic E-state index is 0.0512. The van der Waals surface area contributed by atoms with Gasteiger partial charge >= 0.3 is 0 Å². The first-order valence-corrected chi connectivity index (χ1v) is 12.8. The molecule has 4 aliphatic rings. The Hall–Kier alpha value is -1.69. The highest BCUT2D eigenvalue weighted by Crippen LogP contribution is 2.31. The number of aromatic amines is 1. The van der Waals surface area contributed by atoms with Crippen molar-refractivity contribution < 1.29 is 4.79 Å². The highest BCUT2D eigenvalue weighted by Gasteiger charge is 2.32. The lowest BCUT2D eigenvalue weighted by Gasteiger charge is -2.37. The largest absolute Gasteiger partial charge is 0.342 e. The van der Waals surface area contributed by atoms with Crippen LogP contribution in [0.5, 0.6) is 0 Å². The number of hydrogen-bond acceptors (Lipinski definition) is 4. The van der Waals surface area contributed by atoms with Crippen LogP contribution in [0, 0.1) is 5.92 Å². The standard InChI is InChI=1S/C25H38N4O2/c30-23(15-18-7-3-1-4-8-18)29-13-11-19(16-29)24-26-22-17-28(20-9-5-2-6-10-20)14-12-21(22)25(31)27-24/h18-20H,1-17H2,(H,26,27,31)/t19-/m0/s1. The van der Waals surface area contributed by atoms with Gasteiger partial charge in [-0.05, 0) is 44.4 Å². The number of fused-ring (bicyclic) bond motifs is 1. The zero-order chi connectivity index (χ0) is 21.2. The Labute approximate surface area is 185 Å². The van der Waals surface area contributed by atoms with E-state index in [0.717, 1.165) is 49.6 Å². The summed E-state index contributed by atoms with van der Waals surface area (Å²) in [7, 11) is 0. The first kappa shape index (κ1) is 21.2. The number of hydrogen-bond donors (Lipinski definition) is 1. The average Bonchev–Trinajstić information content (AvgIpc) is 3.31. The molecular formula is C25H38N4O2. The molecule has 0 aromatic carbocycles. The van der Waals surface area contributed by atoms with Crippen LogP contribution in [0.1, 0.15) is 100 Å². The van der Waals surface area contributed by atoms with Gasteiger partial charge in [-0.15, -0.1) is 0 Å². The van der Waals surface area contributed by atoms with Gasteiger partial charge in [-0.25, -0.2) is 4.98 Å². The summed E-state index contributed by atoms with van der Waals surface area (Å²) < 4.78 is 0. The molecule has 1 aromatic heterocycles. The molecule has 2 saturated carbocycles. The van der Waals surface area contributed by atoms with Gasteiger partial charge in [0.1, 0.15) is 5.82 Å². The Bertz CT molecular complexity index is 838. The van der Waals surface area contributed by atoms with Crippen LogP contribution in [-0.2, 0) is 17.8 Å². The second-order valence-electron chi connectivity index (χ2n) is 10.4. The maximum absolute atomic E-state index is 12.8. The van der Waals surface area contributed by atoms with Gasteiger partial charge in [-0.3, -0.25) is 14.5 Å². The molecule has 0 spiro atoms. The number of nitrogens with one attached hydrogen (secondary N) is 1. The Balaban J connectivity index is 1.24. The molecule has 2 aliphatic carbocycles. The van der Waals surface area contributed by atoms with Crippen molar-refractivity contribution in [1.82, 2.24) is 19.8 Å². The van der Waals surface area contributed by atoms with Crippen LogP contribution in [0.25, 0.3) is 0 Å². The van der Waals surface area contributed by atoms with E-state index in [1.54, 1.807) is 0 Å². The monoisotopic (exact) mass is 426 g/mol. The minimum atomic E-state index is 0.0512. The summed E-state index contributed by atoms with van der Waals surface area (Å²) in [5, 5.41) is 0. The van der Waals surface area contributed by atoms with Crippen molar-refractivity contribution in [2.75, 3.05) is 19.6 Å². The first-order chi connectivity index (χ1) is 15.2. The second kappa shape index (κ2) is 9.43. The van der Waals surface area contributed by atoms with Crippen LogP contribution in [-0.4, -0.2) is 51.4 Å². The minimum Gasteiger partial charge on any atom is -0.342 e. The molecule has 1 aromatic rings. The fraction of sp³-hybridized carbons (Fsp3) is 0.800. The molecule has 2 aliphatic heterocycles. The highest BCUT2D eigenvalue weighted by atomic mass is 16.2. The number of nitrogens with zero attached hydrogens (tertiary/aromatic N) is 3. The van der Waals surface area contributed by atoms with E-state index in [9.17, 15) is 9.59 Å². The molecule has 31 heavy (non-hydrogen) atoms. The summed E-state index contributed by atoms with van der Waals surface area (Å²) in [5.74, 6) is 1.85. The van der Waals surface area contributed by atoms with Gasteiger partial charge in [0.05, 0.1) is 5.69 Å². The fourth-order valence-electron chi connectivity index (χ4n) is 6.41. The van der Waals surface area contributed by atoms with Crippen LogP contribution in [0.15, 0.2) is 4.79 Å². The number of aromatic nitrogens is 2. The van der Waals surface area contributed by atoms with Crippen LogP contribution in [0.4, 0.5) is 0 Å². The number of H-pyrrole nitrogens is 1. The number of carbonyl (C=O) groups excluding carboxylic acids is 1. The maximum Gasteiger partial charge on any atom is 0.254 e. The smallest absolute Gasteiger partial charge is 0.254 e. The summed E-state index contributed by atoms with van der Waals surface area (Å²) in [6, 6.07) is 0.658. The molecule has 1 amide bonds. The van der Waals surface area contributed by atoms with E-state index in [4.69, 9.17) is 4.98 Å². The molecule has 0 bridgehead atoms. The van der Waals surface area contributed by atoms with Crippen molar-refractivity contribution >= 4 is 5.91 Å². The Morgan fingerprint density at radius 2 is 1.71 bits per heavy atom. The molecule has 5 rings (SSSR count). The summed E-state index contributed by atoms with van der Waals surface area (Å²) in [6.07, 6.45) is 15.3. The predicted molar refractivity (Wildman–Crippen MR) is 121 cm³/mol. The van der Waals surface area contributed by atoms with Crippen molar-refractivity contribution in [2.24, 2.45) is 5.92 Å². The van der Waals surface area contributed by atoms with Gasteiger partial charge in [0.25, 0.3) is 5.56 Å². The third-order valence-electron chi connectivity index (χ3n) is 8.33. The molecule has 3 fully saturated rings. The third-order valence-corrected chi connectivity index (χ3v) is 8.33. The maximum atomic E-state index is 12.8. The van der Waals surface area contributed by atoms with Crippen molar-refractivity contribution in [2.45, 2.75) is 102 Å². The third kappa shape index (κ3) is 4.74. The lowest BCUT2D eigenvalue weighted by atomic mass is 9.87. The van der Waals surface area contributed by atoms with E-state index in [-0.39, 0.29) is 11.5 Å². The topological polar surface area (TPSA) is 69.3 Å². The zero-order valence-corrected chi connectivity index (χ0v) is 18.9. The number of rotatable bonds is 4. The van der Waals surface area contributed by atoms with Gasteiger partial charge in [-0.1, -0.05) is 38.5 Å². The Kier molecular flexibility index (Phi) is 6.44. The lowest BCUT2D eigenvalue weighted by molar-refractivity contribution is -0.131. The quantitative estimate of drug-likeness (QED) is 0.796. The molecule has 6 nitrogen and oxygen atoms in total.